The van der Waals surface area contributed by atoms with Gasteiger partial charge in [-0.05, 0) is 49.1 Å². The molecule has 1 saturated heterocycles. The van der Waals surface area contributed by atoms with Crippen LogP contribution >= 0.6 is 11.8 Å². The highest BCUT2D eigenvalue weighted by Crippen LogP contribution is 2.33. The summed E-state index contributed by atoms with van der Waals surface area (Å²) >= 11 is 1.66. The Kier molecular flexibility index (Phi) is 4.54. The van der Waals surface area contributed by atoms with Crippen molar-refractivity contribution >= 4 is 34.4 Å². The summed E-state index contributed by atoms with van der Waals surface area (Å²) < 4.78 is 5.48. The highest BCUT2D eigenvalue weighted by molar-refractivity contribution is 7.98. The number of fused-ring (bicyclic) bond motifs is 1. The van der Waals surface area contributed by atoms with Crippen LogP contribution in [0.3, 0.4) is 0 Å². The van der Waals surface area contributed by atoms with E-state index >= 15 is 0 Å². The fourth-order valence-electron chi connectivity index (χ4n) is 3.25. The fraction of sp³-hybridized carbons (Fsp3) is 0.368. The Morgan fingerprint density at radius 1 is 1.21 bits per heavy atom. The lowest BCUT2D eigenvalue weighted by molar-refractivity contribution is -0.148. The van der Waals surface area contributed by atoms with Gasteiger partial charge < -0.3 is 4.74 Å². The van der Waals surface area contributed by atoms with Crippen LogP contribution in [0.25, 0.3) is 10.8 Å². The second-order valence-corrected chi connectivity index (χ2v) is 7.35. The zero-order valence-corrected chi connectivity index (χ0v) is 14.9. The zero-order chi connectivity index (χ0) is 17.3. The molecule has 4 nitrogen and oxygen atoms in total. The predicted octanol–water partition coefficient (Wildman–Crippen LogP) is 3.70. The molecule has 126 valence electrons. The molecule has 0 unspecified atom stereocenters. The van der Waals surface area contributed by atoms with Crippen molar-refractivity contribution in [1.82, 2.24) is 4.90 Å². The van der Waals surface area contributed by atoms with Gasteiger partial charge in [-0.2, -0.15) is 11.8 Å². The zero-order valence-electron chi connectivity index (χ0n) is 14.1. The van der Waals surface area contributed by atoms with Crippen molar-refractivity contribution in [3.63, 3.8) is 0 Å². The maximum atomic E-state index is 13.3. The summed E-state index contributed by atoms with van der Waals surface area (Å²) in [5.74, 6) is 0.325. The quantitative estimate of drug-likeness (QED) is 0.794. The third kappa shape index (κ3) is 2.88. The number of carbonyl (C=O) groups is 2. The van der Waals surface area contributed by atoms with Crippen LogP contribution in [0, 0.1) is 0 Å². The molecule has 24 heavy (non-hydrogen) atoms. The van der Waals surface area contributed by atoms with Gasteiger partial charge in [0.25, 0.3) is 5.91 Å². The molecule has 3 rings (SSSR count). The first-order chi connectivity index (χ1) is 11.5. The molecule has 2 aromatic carbocycles. The molecule has 1 amide bonds. The highest BCUT2D eigenvalue weighted by Gasteiger charge is 2.50. The predicted molar refractivity (Wildman–Crippen MR) is 97.1 cm³/mol. The van der Waals surface area contributed by atoms with Crippen molar-refractivity contribution in [1.29, 1.82) is 0 Å². The van der Waals surface area contributed by atoms with Gasteiger partial charge in [-0.1, -0.05) is 36.4 Å². The molecule has 2 aromatic rings. The Morgan fingerprint density at radius 2 is 1.92 bits per heavy atom. The summed E-state index contributed by atoms with van der Waals surface area (Å²) in [7, 11) is 0. The maximum Gasteiger partial charge on any atom is 0.331 e. The van der Waals surface area contributed by atoms with E-state index in [-0.39, 0.29) is 11.9 Å². The highest BCUT2D eigenvalue weighted by atomic mass is 32.2. The summed E-state index contributed by atoms with van der Waals surface area (Å²) in [6.45, 7) is 3.54. The Bertz CT molecular complexity index is 782. The summed E-state index contributed by atoms with van der Waals surface area (Å²) in [5.41, 5.74) is -0.331. The number of cyclic esters (lactones) is 1. The van der Waals surface area contributed by atoms with Crippen LogP contribution in [0.5, 0.6) is 0 Å². The van der Waals surface area contributed by atoms with Crippen LogP contribution in [0.1, 0.15) is 30.6 Å². The van der Waals surface area contributed by atoms with Crippen LogP contribution in [0.15, 0.2) is 42.5 Å². The number of thioether (sulfide) groups is 1. The Balaban J connectivity index is 2.04. The van der Waals surface area contributed by atoms with E-state index in [1.165, 1.54) is 0 Å². The van der Waals surface area contributed by atoms with E-state index in [1.54, 1.807) is 30.5 Å². The lowest BCUT2D eigenvalue weighted by Gasteiger charge is -2.32. The van der Waals surface area contributed by atoms with E-state index in [0.717, 1.165) is 16.5 Å². The third-order valence-electron chi connectivity index (χ3n) is 4.35. The van der Waals surface area contributed by atoms with Crippen molar-refractivity contribution in [3.05, 3.63) is 48.0 Å². The minimum atomic E-state index is -0.936. The van der Waals surface area contributed by atoms with E-state index in [4.69, 9.17) is 4.74 Å². The molecule has 0 saturated carbocycles. The van der Waals surface area contributed by atoms with Gasteiger partial charge in [0.2, 0.25) is 0 Å². The number of esters is 1. The number of carbonyl (C=O) groups excluding carboxylic acids is 2. The van der Waals surface area contributed by atoms with E-state index in [9.17, 15) is 9.59 Å². The van der Waals surface area contributed by atoms with Crippen LogP contribution in [0.4, 0.5) is 0 Å². The number of hydrogen-bond acceptors (Lipinski definition) is 4. The van der Waals surface area contributed by atoms with Crippen molar-refractivity contribution in [2.45, 2.75) is 32.0 Å². The number of benzene rings is 2. The lowest BCUT2D eigenvalue weighted by Crippen LogP contribution is -2.48. The molecule has 0 radical (unpaired) electrons. The first kappa shape index (κ1) is 16.8. The van der Waals surface area contributed by atoms with E-state index < -0.39 is 11.8 Å². The van der Waals surface area contributed by atoms with Gasteiger partial charge in [0.1, 0.15) is 6.04 Å². The molecule has 0 bridgehead atoms. The van der Waals surface area contributed by atoms with Crippen LogP contribution in [-0.4, -0.2) is 40.6 Å². The molecule has 5 heteroatoms. The molecule has 1 heterocycles. The number of rotatable bonds is 4. The van der Waals surface area contributed by atoms with Crippen LogP contribution < -0.4 is 0 Å². The third-order valence-corrected chi connectivity index (χ3v) is 4.99. The molecule has 0 aromatic heterocycles. The Labute approximate surface area is 146 Å². The molecular formula is C19H21NO3S. The van der Waals surface area contributed by atoms with Crippen LogP contribution in [0.2, 0.25) is 0 Å². The van der Waals surface area contributed by atoms with Gasteiger partial charge >= 0.3 is 5.97 Å². The monoisotopic (exact) mass is 343 g/mol. The van der Waals surface area contributed by atoms with Gasteiger partial charge in [-0.15, -0.1) is 0 Å². The SMILES string of the molecule is CSCC[C@H]1C(=O)OC(C)(C)N1C(=O)c1cccc2ccccc12. The summed E-state index contributed by atoms with van der Waals surface area (Å²) in [4.78, 5) is 27.2. The van der Waals surface area contributed by atoms with Crippen molar-refractivity contribution in [2.75, 3.05) is 12.0 Å². The fourth-order valence-corrected chi connectivity index (χ4v) is 3.71. The Morgan fingerprint density at radius 3 is 2.67 bits per heavy atom. The van der Waals surface area contributed by atoms with Gasteiger partial charge in [0.05, 0.1) is 0 Å². The molecule has 0 aliphatic carbocycles. The topological polar surface area (TPSA) is 46.6 Å². The number of nitrogens with zero attached hydrogens (tertiary/aromatic N) is 1. The first-order valence-electron chi connectivity index (χ1n) is 7.99. The van der Waals surface area contributed by atoms with Gasteiger partial charge in [-0.3, -0.25) is 9.69 Å². The van der Waals surface area contributed by atoms with Gasteiger partial charge in [0.15, 0.2) is 5.72 Å². The summed E-state index contributed by atoms with van der Waals surface area (Å²) in [6.07, 6.45) is 2.59. The number of hydrogen-bond donors (Lipinski definition) is 0. The van der Waals surface area contributed by atoms with Gasteiger partial charge in [-0.25, -0.2) is 4.79 Å². The standard InChI is InChI=1S/C19H21NO3S/c1-19(2)20(16(11-12-24-3)18(22)23-19)17(21)15-10-6-8-13-7-4-5-9-14(13)15/h4-10,16H,11-12H2,1-3H3/t16-/m0/s1. The largest absolute Gasteiger partial charge is 0.438 e. The average Bonchev–Trinajstić information content (AvgIpc) is 2.79. The molecular weight excluding hydrogens is 322 g/mol. The summed E-state index contributed by atoms with van der Waals surface area (Å²) in [5, 5.41) is 1.90. The van der Waals surface area contributed by atoms with Crippen molar-refractivity contribution < 1.29 is 14.3 Å². The van der Waals surface area contributed by atoms with Crippen LogP contribution in [-0.2, 0) is 9.53 Å². The molecule has 0 spiro atoms. The molecule has 0 N–H and O–H groups in total. The first-order valence-corrected chi connectivity index (χ1v) is 9.38. The van der Waals surface area contributed by atoms with E-state index in [0.29, 0.717) is 12.0 Å². The number of amides is 1. The number of ether oxygens (including phenoxy) is 1. The smallest absolute Gasteiger partial charge is 0.331 e. The molecule has 1 fully saturated rings. The second kappa shape index (κ2) is 6.48. The van der Waals surface area contributed by atoms with E-state index in [1.807, 2.05) is 48.7 Å². The van der Waals surface area contributed by atoms with E-state index in [2.05, 4.69) is 0 Å². The lowest BCUT2D eigenvalue weighted by atomic mass is 10.0. The minimum absolute atomic E-state index is 0.159. The summed E-state index contributed by atoms with van der Waals surface area (Å²) in [6, 6.07) is 12.9. The molecule has 1 aliphatic heterocycles. The second-order valence-electron chi connectivity index (χ2n) is 6.37. The molecule has 1 aliphatic rings. The maximum absolute atomic E-state index is 13.3. The normalized spacial score (nSPS) is 19.5. The van der Waals surface area contributed by atoms with Gasteiger partial charge in [0, 0.05) is 5.56 Å². The van der Waals surface area contributed by atoms with Crippen molar-refractivity contribution in [2.24, 2.45) is 0 Å². The van der Waals surface area contributed by atoms with Crippen molar-refractivity contribution in [3.8, 4) is 0 Å². The minimum Gasteiger partial charge on any atom is -0.438 e. The molecule has 1 atom stereocenters. The Hall–Kier alpha value is -2.01. The average molecular weight is 343 g/mol.